The van der Waals surface area contributed by atoms with E-state index in [2.05, 4.69) is 10.6 Å². The van der Waals surface area contributed by atoms with Crippen LogP contribution in [0.2, 0.25) is 0 Å². The van der Waals surface area contributed by atoms with Crippen LogP contribution in [0.3, 0.4) is 0 Å². The summed E-state index contributed by atoms with van der Waals surface area (Å²) in [4.78, 5) is 39.1. The molecule has 1 aliphatic carbocycles. The Hall–Kier alpha value is -3.22. The van der Waals surface area contributed by atoms with Gasteiger partial charge in [0, 0.05) is 5.69 Å². The number of hydrogen-bond donors (Lipinski definition) is 2. The Labute approximate surface area is 161 Å². The second-order valence-electron chi connectivity index (χ2n) is 7.24. The summed E-state index contributed by atoms with van der Waals surface area (Å²) in [6, 6.07) is 11.0. The number of nitrogens with one attached hydrogen (secondary N) is 2. The van der Waals surface area contributed by atoms with Gasteiger partial charge < -0.3 is 10.6 Å². The van der Waals surface area contributed by atoms with Crippen molar-refractivity contribution in [3.05, 3.63) is 65.0 Å². The highest BCUT2D eigenvalue weighted by molar-refractivity contribution is 6.10. The summed E-state index contributed by atoms with van der Waals surface area (Å²) in [5.74, 6) is -1.46. The second-order valence-corrected chi connectivity index (χ2v) is 7.24. The zero-order chi connectivity index (χ0) is 19.9. The number of fused-ring (bicyclic) bond motifs is 2. The lowest BCUT2D eigenvalue weighted by molar-refractivity contribution is -0.134. The first-order valence-corrected chi connectivity index (χ1v) is 9.19. The number of imide groups is 1. The standard InChI is InChI=1S/C21H20FN3O3/c1-13-8-9-15(22)11-17(13)23-18(26)12-25-19(27)21(24-20(25)28)10-4-6-14-5-2-3-7-16(14)21/h2-3,5,7-9,11H,4,6,10,12H2,1H3,(H,23,26)(H,24,28)/t21-/m1/s1. The monoisotopic (exact) mass is 381 g/mol. The van der Waals surface area contributed by atoms with Crippen molar-refractivity contribution in [2.75, 3.05) is 11.9 Å². The SMILES string of the molecule is Cc1ccc(F)cc1NC(=O)CN1C(=O)N[C@@]2(CCCc3ccccc32)C1=O. The van der Waals surface area contributed by atoms with Crippen molar-refractivity contribution in [2.45, 2.75) is 31.7 Å². The van der Waals surface area contributed by atoms with Crippen molar-refractivity contribution < 1.29 is 18.8 Å². The number of aryl methyl sites for hydroxylation is 2. The van der Waals surface area contributed by atoms with Gasteiger partial charge in [-0.3, -0.25) is 14.5 Å². The fourth-order valence-corrected chi connectivity index (χ4v) is 4.02. The van der Waals surface area contributed by atoms with E-state index >= 15 is 0 Å². The summed E-state index contributed by atoms with van der Waals surface area (Å²) < 4.78 is 13.4. The average molecular weight is 381 g/mol. The molecule has 28 heavy (non-hydrogen) atoms. The molecule has 144 valence electrons. The van der Waals surface area contributed by atoms with Crippen LogP contribution in [0.5, 0.6) is 0 Å². The first kappa shape index (κ1) is 18.2. The van der Waals surface area contributed by atoms with Crippen LogP contribution in [0, 0.1) is 12.7 Å². The molecular weight excluding hydrogens is 361 g/mol. The molecule has 1 heterocycles. The van der Waals surface area contributed by atoms with Crippen molar-refractivity contribution in [2.24, 2.45) is 0 Å². The molecule has 0 saturated carbocycles. The number of rotatable bonds is 3. The van der Waals surface area contributed by atoms with Gasteiger partial charge >= 0.3 is 6.03 Å². The Bertz CT molecular complexity index is 991. The molecule has 0 aromatic heterocycles. The van der Waals surface area contributed by atoms with E-state index in [1.807, 2.05) is 24.3 Å². The molecule has 4 amide bonds. The molecule has 2 aromatic carbocycles. The van der Waals surface area contributed by atoms with Gasteiger partial charge in [0.15, 0.2) is 0 Å². The van der Waals surface area contributed by atoms with Gasteiger partial charge in [0.25, 0.3) is 5.91 Å². The second kappa shape index (κ2) is 6.74. The molecule has 7 heteroatoms. The quantitative estimate of drug-likeness (QED) is 0.803. The smallest absolute Gasteiger partial charge is 0.324 e. The highest BCUT2D eigenvalue weighted by Gasteiger charge is 2.54. The molecule has 1 atom stereocenters. The van der Waals surface area contributed by atoms with Gasteiger partial charge in [0.1, 0.15) is 17.9 Å². The molecule has 1 spiro atoms. The van der Waals surface area contributed by atoms with Crippen LogP contribution < -0.4 is 10.6 Å². The number of amides is 4. The van der Waals surface area contributed by atoms with Crippen LogP contribution >= 0.6 is 0 Å². The molecule has 1 fully saturated rings. The molecule has 1 saturated heterocycles. The van der Waals surface area contributed by atoms with Crippen molar-refractivity contribution in [3.8, 4) is 0 Å². The third kappa shape index (κ3) is 2.93. The van der Waals surface area contributed by atoms with E-state index in [9.17, 15) is 18.8 Å². The van der Waals surface area contributed by atoms with Crippen molar-refractivity contribution >= 4 is 23.5 Å². The maximum absolute atomic E-state index is 13.4. The Morgan fingerprint density at radius 3 is 2.86 bits per heavy atom. The Balaban J connectivity index is 1.56. The molecule has 1 aliphatic heterocycles. The predicted octanol–water partition coefficient (Wildman–Crippen LogP) is 2.86. The van der Waals surface area contributed by atoms with Crippen LogP contribution in [-0.4, -0.2) is 29.3 Å². The Kier molecular flexibility index (Phi) is 4.37. The third-order valence-corrected chi connectivity index (χ3v) is 5.43. The molecule has 0 unspecified atom stereocenters. The van der Waals surface area contributed by atoms with E-state index < -0.39 is 35.7 Å². The van der Waals surface area contributed by atoms with Gasteiger partial charge in [0.05, 0.1) is 0 Å². The van der Waals surface area contributed by atoms with Crippen LogP contribution in [0.25, 0.3) is 0 Å². The lowest BCUT2D eigenvalue weighted by Gasteiger charge is -2.33. The topological polar surface area (TPSA) is 78.5 Å². The predicted molar refractivity (Wildman–Crippen MR) is 101 cm³/mol. The zero-order valence-corrected chi connectivity index (χ0v) is 15.4. The molecule has 2 aliphatic rings. The summed E-state index contributed by atoms with van der Waals surface area (Å²) in [6.45, 7) is 1.31. The zero-order valence-electron chi connectivity index (χ0n) is 15.4. The number of anilines is 1. The summed E-state index contributed by atoms with van der Waals surface area (Å²) >= 11 is 0. The van der Waals surface area contributed by atoms with Gasteiger partial charge in [-0.1, -0.05) is 30.3 Å². The number of nitrogens with zero attached hydrogens (tertiary/aromatic N) is 1. The van der Waals surface area contributed by atoms with E-state index in [0.717, 1.165) is 28.9 Å². The van der Waals surface area contributed by atoms with E-state index in [-0.39, 0.29) is 0 Å². The average Bonchev–Trinajstić information content (AvgIpc) is 2.90. The number of halogens is 1. The van der Waals surface area contributed by atoms with E-state index in [0.29, 0.717) is 17.7 Å². The normalized spacial score (nSPS) is 20.9. The highest BCUT2D eigenvalue weighted by Crippen LogP contribution is 2.39. The van der Waals surface area contributed by atoms with Crippen LogP contribution in [0.1, 0.15) is 29.5 Å². The fourth-order valence-electron chi connectivity index (χ4n) is 4.02. The molecular formula is C21H20FN3O3. The number of carbonyl (C=O) groups excluding carboxylic acids is 3. The number of carbonyl (C=O) groups is 3. The van der Waals surface area contributed by atoms with E-state index in [1.165, 1.54) is 12.1 Å². The van der Waals surface area contributed by atoms with Crippen molar-refractivity contribution in [1.82, 2.24) is 10.2 Å². The maximum atomic E-state index is 13.4. The van der Waals surface area contributed by atoms with Gasteiger partial charge in [-0.2, -0.15) is 0 Å². The number of benzene rings is 2. The largest absolute Gasteiger partial charge is 0.325 e. The van der Waals surface area contributed by atoms with Crippen molar-refractivity contribution in [1.29, 1.82) is 0 Å². The minimum absolute atomic E-state index is 0.315. The van der Waals surface area contributed by atoms with Crippen LogP contribution in [-0.2, 0) is 21.5 Å². The number of hydrogen-bond acceptors (Lipinski definition) is 3. The lowest BCUT2D eigenvalue weighted by atomic mass is 9.76. The minimum Gasteiger partial charge on any atom is -0.324 e. The van der Waals surface area contributed by atoms with Gasteiger partial charge in [0.2, 0.25) is 5.91 Å². The molecule has 0 bridgehead atoms. The summed E-state index contributed by atoms with van der Waals surface area (Å²) in [5.41, 5.74) is 1.72. The van der Waals surface area contributed by atoms with Crippen molar-refractivity contribution in [3.63, 3.8) is 0 Å². The summed E-state index contributed by atoms with van der Waals surface area (Å²) in [6.07, 6.45) is 2.11. The molecule has 0 radical (unpaired) electrons. The highest BCUT2D eigenvalue weighted by atomic mass is 19.1. The lowest BCUT2D eigenvalue weighted by Crippen LogP contribution is -2.47. The van der Waals surface area contributed by atoms with E-state index in [1.54, 1.807) is 13.0 Å². The van der Waals surface area contributed by atoms with E-state index in [4.69, 9.17) is 0 Å². The minimum atomic E-state index is -1.11. The summed E-state index contributed by atoms with van der Waals surface area (Å²) in [5, 5.41) is 5.39. The van der Waals surface area contributed by atoms with Gasteiger partial charge in [-0.05, 0) is 55.0 Å². The molecule has 2 aromatic rings. The van der Waals surface area contributed by atoms with Crippen LogP contribution in [0.15, 0.2) is 42.5 Å². The van der Waals surface area contributed by atoms with Gasteiger partial charge in [-0.15, -0.1) is 0 Å². The van der Waals surface area contributed by atoms with Crippen LogP contribution in [0.4, 0.5) is 14.9 Å². The maximum Gasteiger partial charge on any atom is 0.325 e. The fraction of sp³-hybridized carbons (Fsp3) is 0.286. The van der Waals surface area contributed by atoms with Gasteiger partial charge in [-0.25, -0.2) is 9.18 Å². The first-order valence-electron chi connectivity index (χ1n) is 9.19. The molecule has 2 N–H and O–H groups in total. The third-order valence-electron chi connectivity index (χ3n) is 5.43. The molecule has 4 rings (SSSR count). The Morgan fingerprint density at radius 2 is 2.04 bits per heavy atom. The summed E-state index contributed by atoms with van der Waals surface area (Å²) in [7, 11) is 0. The Morgan fingerprint density at radius 1 is 1.25 bits per heavy atom. The molecule has 6 nitrogen and oxygen atoms in total. The first-order chi connectivity index (χ1) is 13.4. The number of urea groups is 1.